The fourth-order valence-corrected chi connectivity index (χ4v) is 4.95. The number of carboxylic acid groups (broad SMARTS) is 1. The molecule has 204 valence electrons. The highest BCUT2D eigenvalue weighted by Gasteiger charge is 2.38. The summed E-state index contributed by atoms with van der Waals surface area (Å²) in [6.45, 7) is 7.82. The predicted octanol–water partition coefficient (Wildman–Crippen LogP) is 4.65. The molecular formula is C25H28F4N6O3. The average Bonchev–Trinajstić information content (AvgIpc) is 3.40. The number of rotatable bonds is 2. The van der Waals surface area contributed by atoms with Gasteiger partial charge in [-0.3, -0.25) is 4.90 Å². The van der Waals surface area contributed by atoms with E-state index in [-0.39, 0.29) is 17.3 Å². The Kier molecular flexibility index (Phi) is 7.33. The summed E-state index contributed by atoms with van der Waals surface area (Å²) in [6, 6.07) is 3.06. The molecule has 38 heavy (non-hydrogen) atoms. The highest BCUT2D eigenvalue weighted by atomic mass is 19.4. The number of alkyl halides is 3. The normalized spacial score (nSPS) is 18.5. The van der Waals surface area contributed by atoms with E-state index in [2.05, 4.69) is 40.5 Å². The van der Waals surface area contributed by atoms with Crippen LogP contribution in [0.25, 0.3) is 5.65 Å². The van der Waals surface area contributed by atoms with Crippen LogP contribution in [-0.2, 0) is 11.2 Å². The Morgan fingerprint density at radius 3 is 2.63 bits per heavy atom. The lowest BCUT2D eigenvalue weighted by atomic mass is 9.79. The van der Waals surface area contributed by atoms with Gasteiger partial charge in [0, 0.05) is 42.3 Å². The number of carbonyl (C=O) groups is 2. The number of anilines is 2. The monoisotopic (exact) mass is 536 g/mol. The third kappa shape index (κ3) is 5.87. The molecule has 3 aromatic rings. The number of carboxylic acids is 1. The van der Waals surface area contributed by atoms with Gasteiger partial charge in [-0.15, -0.1) is 0 Å². The van der Waals surface area contributed by atoms with Gasteiger partial charge < -0.3 is 20.1 Å². The number of nitrogens with one attached hydrogen (secondary N) is 2. The highest BCUT2D eigenvalue weighted by Crippen LogP contribution is 2.39. The standard InChI is InChI=1S/C23H27FN6O.C2HF3O2/c1-14-12-29-13-19(18(24)10-20(29)27-14)28-22(31)30-9-6-17-16(5-7-25-21(17)30)15-4-8-26-23(2,3)11-15;3-2(4,5)1(6)7/h5,7,10,12-13,15,26H,4,6,8-9,11H2,1-3H3,(H,28,31);(H,6,7). The summed E-state index contributed by atoms with van der Waals surface area (Å²) in [5.41, 5.74) is 3.94. The fourth-order valence-electron chi connectivity index (χ4n) is 4.95. The third-order valence-electron chi connectivity index (χ3n) is 6.60. The number of aryl methyl sites for hydroxylation is 1. The fraction of sp³-hybridized carbons (Fsp3) is 0.440. The van der Waals surface area contributed by atoms with E-state index < -0.39 is 18.0 Å². The number of carbonyl (C=O) groups excluding carboxylic acids is 1. The van der Waals surface area contributed by atoms with Crippen molar-refractivity contribution in [3.63, 3.8) is 0 Å². The minimum atomic E-state index is -5.08. The Morgan fingerprint density at radius 2 is 1.97 bits per heavy atom. The molecule has 0 bridgehead atoms. The van der Waals surface area contributed by atoms with Crippen LogP contribution in [-0.4, -0.2) is 56.3 Å². The molecule has 1 saturated heterocycles. The quantitative estimate of drug-likeness (QED) is 0.411. The second kappa shape index (κ2) is 10.2. The first kappa shape index (κ1) is 27.3. The number of piperidine rings is 1. The Morgan fingerprint density at radius 1 is 1.26 bits per heavy atom. The highest BCUT2D eigenvalue weighted by molar-refractivity contribution is 6.02. The molecule has 1 fully saturated rings. The second-order valence-corrected chi connectivity index (χ2v) is 10.0. The molecule has 5 heterocycles. The van der Waals surface area contributed by atoms with Crippen molar-refractivity contribution in [2.75, 3.05) is 23.3 Å². The van der Waals surface area contributed by atoms with Crippen molar-refractivity contribution in [3.05, 3.63) is 53.4 Å². The van der Waals surface area contributed by atoms with E-state index in [4.69, 9.17) is 9.90 Å². The van der Waals surface area contributed by atoms with Crippen LogP contribution < -0.4 is 15.5 Å². The van der Waals surface area contributed by atoms with Gasteiger partial charge in [0.1, 0.15) is 11.5 Å². The Labute approximate surface area is 215 Å². The Balaban J connectivity index is 0.000000426. The molecule has 0 radical (unpaired) electrons. The molecule has 5 rings (SSSR count). The summed E-state index contributed by atoms with van der Waals surface area (Å²) < 4.78 is 48.0. The number of aromatic nitrogens is 3. The van der Waals surface area contributed by atoms with Crippen molar-refractivity contribution >= 4 is 29.2 Å². The molecule has 1 unspecified atom stereocenters. The smallest absolute Gasteiger partial charge is 0.475 e. The first-order valence-corrected chi connectivity index (χ1v) is 12.0. The number of hydrogen-bond acceptors (Lipinski definition) is 5. The first-order valence-electron chi connectivity index (χ1n) is 12.0. The SMILES string of the molecule is Cc1cn2cc(NC(=O)N3CCc4c(C5CCNC(C)(C)C5)ccnc43)c(F)cc2n1.O=C(O)C(F)(F)F. The van der Waals surface area contributed by atoms with Gasteiger partial charge in [-0.2, -0.15) is 13.2 Å². The van der Waals surface area contributed by atoms with E-state index in [0.29, 0.717) is 23.9 Å². The zero-order valence-corrected chi connectivity index (χ0v) is 21.1. The summed E-state index contributed by atoms with van der Waals surface area (Å²) in [5, 5.41) is 13.4. The van der Waals surface area contributed by atoms with Gasteiger partial charge in [0.25, 0.3) is 0 Å². The van der Waals surface area contributed by atoms with Gasteiger partial charge >= 0.3 is 18.2 Å². The third-order valence-corrected chi connectivity index (χ3v) is 6.60. The van der Waals surface area contributed by atoms with Crippen molar-refractivity contribution < 1.29 is 32.3 Å². The molecule has 9 nitrogen and oxygen atoms in total. The van der Waals surface area contributed by atoms with Gasteiger partial charge in [-0.25, -0.2) is 23.9 Å². The van der Waals surface area contributed by atoms with Gasteiger partial charge in [-0.1, -0.05) is 0 Å². The molecule has 2 aliphatic rings. The maximum atomic E-state index is 14.5. The van der Waals surface area contributed by atoms with Crippen LogP contribution in [0, 0.1) is 12.7 Å². The second-order valence-electron chi connectivity index (χ2n) is 10.0. The number of urea groups is 1. The van der Waals surface area contributed by atoms with Crippen molar-refractivity contribution in [2.24, 2.45) is 0 Å². The lowest BCUT2D eigenvalue weighted by molar-refractivity contribution is -0.192. The molecular weight excluding hydrogens is 508 g/mol. The van der Waals surface area contributed by atoms with E-state index in [1.54, 1.807) is 27.9 Å². The van der Waals surface area contributed by atoms with Crippen molar-refractivity contribution in [2.45, 2.75) is 57.7 Å². The van der Waals surface area contributed by atoms with Crippen molar-refractivity contribution in [1.29, 1.82) is 0 Å². The number of amides is 2. The minimum absolute atomic E-state index is 0.0938. The first-order chi connectivity index (χ1) is 17.7. The lowest BCUT2D eigenvalue weighted by Gasteiger charge is -2.37. The van der Waals surface area contributed by atoms with Gasteiger partial charge in [-0.05, 0) is 64.1 Å². The maximum absolute atomic E-state index is 14.5. The Hall–Kier alpha value is -3.74. The molecule has 3 aromatic heterocycles. The minimum Gasteiger partial charge on any atom is -0.475 e. The van der Waals surface area contributed by atoms with Gasteiger partial charge in [0.05, 0.1) is 11.4 Å². The largest absolute Gasteiger partial charge is 0.490 e. The molecule has 0 aromatic carbocycles. The summed E-state index contributed by atoms with van der Waals surface area (Å²) in [6.07, 6.45) is 2.94. The zero-order chi connectivity index (χ0) is 27.8. The number of aliphatic carboxylic acids is 1. The number of halogens is 4. The van der Waals surface area contributed by atoms with Crippen molar-refractivity contribution in [1.82, 2.24) is 19.7 Å². The number of hydrogen-bond donors (Lipinski definition) is 3. The number of nitrogens with zero attached hydrogens (tertiary/aromatic N) is 4. The van der Waals surface area contributed by atoms with Crippen LogP contribution >= 0.6 is 0 Å². The molecule has 0 spiro atoms. The molecule has 2 aliphatic heterocycles. The Bertz CT molecular complexity index is 1370. The van der Waals surface area contributed by atoms with Crippen LogP contribution in [0.2, 0.25) is 0 Å². The number of fused-ring (bicyclic) bond motifs is 2. The van der Waals surface area contributed by atoms with E-state index >= 15 is 0 Å². The zero-order valence-electron chi connectivity index (χ0n) is 21.1. The van der Waals surface area contributed by atoms with Crippen LogP contribution in [0.5, 0.6) is 0 Å². The molecule has 0 aliphatic carbocycles. The summed E-state index contributed by atoms with van der Waals surface area (Å²) in [4.78, 5) is 32.3. The maximum Gasteiger partial charge on any atom is 0.490 e. The van der Waals surface area contributed by atoms with Crippen LogP contribution in [0.15, 0.2) is 30.7 Å². The predicted molar refractivity (Wildman–Crippen MR) is 132 cm³/mol. The van der Waals surface area contributed by atoms with E-state index in [9.17, 15) is 22.4 Å². The van der Waals surface area contributed by atoms with Crippen LogP contribution in [0.1, 0.15) is 49.4 Å². The summed E-state index contributed by atoms with van der Waals surface area (Å²) in [5.74, 6) is -2.14. The van der Waals surface area contributed by atoms with Crippen LogP contribution in [0.4, 0.5) is 33.9 Å². The van der Waals surface area contributed by atoms with Gasteiger partial charge in [0.2, 0.25) is 0 Å². The van der Waals surface area contributed by atoms with E-state index in [0.717, 1.165) is 37.1 Å². The van der Waals surface area contributed by atoms with Gasteiger partial charge in [0.15, 0.2) is 5.82 Å². The number of pyridine rings is 2. The van der Waals surface area contributed by atoms with Crippen LogP contribution in [0.3, 0.4) is 0 Å². The van der Waals surface area contributed by atoms with E-state index in [1.165, 1.54) is 11.6 Å². The molecule has 0 saturated carbocycles. The topological polar surface area (TPSA) is 112 Å². The van der Waals surface area contributed by atoms with Crippen molar-refractivity contribution in [3.8, 4) is 0 Å². The van der Waals surface area contributed by atoms with E-state index in [1.807, 2.05) is 6.92 Å². The molecule has 2 amide bonds. The molecule has 13 heteroatoms. The summed E-state index contributed by atoms with van der Waals surface area (Å²) >= 11 is 0. The lowest BCUT2D eigenvalue weighted by Crippen LogP contribution is -2.45. The summed E-state index contributed by atoms with van der Waals surface area (Å²) in [7, 11) is 0. The number of imidazole rings is 1. The molecule has 1 atom stereocenters. The average molecular weight is 537 g/mol. The molecule has 3 N–H and O–H groups in total.